The quantitative estimate of drug-likeness (QED) is 0.266. The summed E-state index contributed by atoms with van der Waals surface area (Å²) in [5, 5.41) is 36.8. The molecular weight excluding hydrogens is 496 g/mol. The number of pyridine rings is 1. The molecule has 1 aromatic carbocycles. The lowest BCUT2D eigenvalue weighted by molar-refractivity contribution is 0.0791. The fourth-order valence-electron chi connectivity index (χ4n) is 3.98. The number of rotatable bonds is 9. The van der Waals surface area contributed by atoms with Crippen molar-refractivity contribution in [3.8, 4) is 29.0 Å². The molecule has 0 amide bonds. The highest BCUT2D eigenvalue weighted by atomic mass is 19.3. The molecule has 5 aromatic rings. The number of aromatic nitrogens is 7. The Hall–Kier alpha value is -4.96. The first-order chi connectivity index (χ1) is 18.5. The Morgan fingerprint density at radius 2 is 2.05 bits per heavy atom. The van der Waals surface area contributed by atoms with E-state index < -0.39 is 13.0 Å². The number of nitrogens with one attached hydrogen (secondary N) is 2. The monoisotopic (exact) mass is 517 g/mol. The zero-order valence-corrected chi connectivity index (χ0v) is 20.1. The van der Waals surface area contributed by atoms with Gasteiger partial charge in [-0.25, -0.2) is 18.7 Å². The van der Waals surface area contributed by atoms with Gasteiger partial charge in [0.15, 0.2) is 18.1 Å². The van der Waals surface area contributed by atoms with Gasteiger partial charge in [-0.3, -0.25) is 9.67 Å². The average Bonchev–Trinajstić information content (AvgIpc) is 3.51. The van der Waals surface area contributed by atoms with Crippen LogP contribution >= 0.6 is 0 Å². The van der Waals surface area contributed by atoms with Crippen LogP contribution in [-0.4, -0.2) is 59.7 Å². The van der Waals surface area contributed by atoms with Gasteiger partial charge in [0.25, 0.3) is 6.43 Å². The molecule has 0 aliphatic carbocycles. The number of imidazole rings is 1. The Bertz CT molecular complexity index is 1620. The molecule has 0 bridgehead atoms. The van der Waals surface area contributed by atoms with E-state index in [1.165, 1.54) is 6.07 Å². The first kappa shape index (κ1) is 24.7. The summed E-state index contributed by atoms with van der Waals surface area (Å²) in [6.07, 6.45) is -0.569. The molecule has 13 heteroatoms. The van der Waals surface area contributed by atoms with Gasteiger partial charge in [-0.2, -0.15) is 10.4 Å². The smallest absolute Gasteiger partial charge is 0.272 e. The number of aromatic amines is 1. The van der Waals surface area contributed by atoms with E-state index in [0.29, 0.717) is 46.2 Å². The molecule has 0 spiro atoms. The van der Waals surface area contributed by atoms with Crippen LogP contribution in [0.3, 0.4) is 0 Å². The van der Waals surface area contributed by atoms with Gasteiger partial charge in [-0.1, -0.05) is 6.07 Å². The van der Waals surface area contributed by atoms with Crippen molar-refractivity contribution in [1.29, 1.82) is 5.26 Å². The minimum Gasteiger partial charge on any atom is -0.471 e. The molecule has 0 aliphatic rings. The van der Waals surface area contributed by atoms with Crippen LogP contribution in [0.5, 0.6) is 5.88 Å². The second-order valence-corrected chi connectivity index (χ2v) is 8.24. The van der Waals surface area contributed by atoms with Crippen LogP contribution in [0.15, 0.2) is 48.8 Å². The molecule has 0 saturated carbocycles. The second kappa shape index (κ2) is 10.6. The van der Waals surface area contributed by atoms with Gasteiger partial charge in [0.05, 0.1) is 22.3 Å². The summed E-state index contributed by atoms with van der Waals surface area (Å²) in [5.74, 6) is 0.997. The highest BCUT2D eigenvalue weighted by Gasteiger charge is 2.19. The lowest BCUT2D eigenvalue weighted by atomic mass is 10.0. The van der Waals surface area contributed by atoms with Crippen LogP contribution < -0.4 is 10.1 Å². The Labute approximate surface area is 214 Å². The van der Waals surface area contributed by atoms with Gasteiger partial charge in [-0.15, -0.1) is 10.2 Å². The van der Waals surface area contributed by atoms with E-state index in [0.717, 1.165) is 11.1 Å². The van der Waals surface area contributed by atoms with Crippen molar-refractivity contribution in [2.24, 2.45) is 0 Å². The number of hydrogen-bond donors (Lipinski definition) is 3. The fraction of sp³-hybridized carbons (Fsp3) is 0.200. The molecule has 0 aliphatic heterocycles. The summed E-state index contributed by atoms with van der Waals surface area (Å²) >= 11 is 0. The van der Waals surface area contributed by atoms with E-state index in [1.807, 2.05) is 41.8 Å². The summed E-state index contributed by atoms with van der Waals surface area (Å²) < 4.78 is 31.2. The summed E-state index contributed by atoms with van der Waals surface area (Å²) in [7, 11) is 0. The highest BCUT2D eigenvalue weighted by Crippen LogP contribution is 2.30. The molecule has 192 valence electrons. The molecule has 0 atom stereocenters. The Morgan fingerprint density at radius 1 is 1.18 bits per heavy atom. The third-order valence-electron chi connectivity index (χ3n) is 5.70. The minimum absolute atomic E-state index is 0.00873. The van der Waals surface area contributed by atoms with Crippen molar-refractivity contribution in [3.63, 3.8) is 0 Å². The number of halogens is 2. The lowest BCUT2D eigenvalue weighted by Gasteiger charge is -2.12. The number of aliphatic hydroxyl groups excluding tert-OH is 1. The van der Waals surface area contributed by atoms with Gasteiger partial charge in [0, 0.05) is 24.1 Å². The van der Waals surface area contributed by atoms with Crippen LogP contribution in [0, 0.1) is 18.3 Å². The predicted octanol–water partition coefficient (Wildman–Crippen LogP) is 3.70. The van der Waals surface area contributed by atoms with E-state index in [1.54, 1.807) is 12.4 Å². The van der Waals surface area contributed by atoms with Gasteiger partial charge >= 0.3 is 0 Å². The number of hydrogen-bond acceptors (Lipinski definition) is 9. The third kappa shape index (κ3) is 4.97. The second-order valence-electron chi connectivity index (χ2n) is 8.24. The average molecular weight is 518 g/mol. The van der Waals surface area contributed by atoms with Gasteiger partial charge in [-0.05, 0) is 49.2 Å². The molecule has 4 aromatic heterocycles. The normalized spacial score (nSPS) is 11.2. The summed E-state index contributed by atoms with van der Waals surface area (Å²) in [6.45, 7) is 1.00. The maximum atomic E-state index is 12.3. The molecule has 38 heavy (non-hydrogen) atoms. The highest BCUT2D eigenvalue weighted by molar-refractivity contribution is 5.82. The number of anilines is 2. The minimum atomic E-state index is -2.59. The largest absolute Gasteiger partial charge is 0.471 e. The third-order valence-corrected chi connectivity index (χ3v) is 5.70. The van der Waals surface area contributed by atoms with Gasteiger partial charge in [0.1, 0.15) is 18.2 Å². The van der Waals surface area contributed by atoms with E-state index in [4.69, 9.17) is 9.72 Å². The maximum absolute atomic E-state index is 12.3. The summed E-state index contributed by atoms with van der Waals surface area (Å²) in [5.41, 5.74) is 5.05. The van der Waals surface area contributed by atoms with Gasteiger partial charge in [0.2, 0.25) is 5.88 Å². The van der Waals surface area contributed by atoms with Crippen molar-refractivity contribution in [2.75, 3.05) is 18.5 Å². The van der Waals surface area contributed by atoms with Crippen molar-refractivity contribution in [3.05, 3.63) is 65.7 Å². The van der Waals surface area contributed by atoms with Crippen molar-refractivity contribution >= 4 is 22.5 Å². The standard InChI is InChI=1S/C25H21F2N9O2/c1-14-24(18(11-28)33-32-14)25-15(8-9-37)2-6-22(31-25)36-13-29-17-10-16(3-4-19(17)36)30-21-5-7-23(35-34-21)38-12-20(26)27/h2-7,10,13,20,37H,8-9,12H2,1H3,(H,30,34)(H,32,33). The molecule has 3 N–H and O–H groups in total. The molecule has 4 heterocycles. The van der Waals surface area contributed by atoms with Crippen molar-refractivity contribution in [1.82, 2.24) is 34.9 Å². The molecule has 5 rings (SSSR count). The number of nitrogens with zero attached hydrogens (tertiary/aromatic N) is 7. The van der Waals surface area contributed by atoms with Crippen LogP contribution in [0.1, 0.15) is 17.0 Å². The molecule has 0 saturated heterocycles. The Morgan fingerprint density at radius 3 is 2.79 bits per heavy atom. The summed E-state index contributed by atoms with van der Waals surface area (Å²) in [4.78, 5) is 9.33. The topological polar surface area (TPSA) is 150 Å². The van der Waals surface area contributed by atoms with E-state index in [2.05, 4.69) is 36.8 Å². The number of H-pyrrole nitrogens is 1. The maximum Gasteiger partial charge on any atom is 0.272 e. The van der Waals surface area contributed by atoms with Crippen LogP contribution in [0.4, 0.5) is 20.3 Å². The van der Waals surface area contributed by atoms with E-state index in [-0.39, 0.29) is 18.2 Å². The van der Waals surface area contributed by atoms with Crippen molar-refractivity contribution < 1.29 is 18.6 Å². The molecular formula is C25H21F2N9O2. The lowest BCUT2D eigenvalue weighted by Crippen LogP contribution is -2.08. The number of aryl methyl sites for hydroxylation is 1. The number of aliphatic hydroxyl groups is 1. The van der Waals surface area contributed by atoms with Crippen molar-refractivity contribution in [2.45, 2.75) is 19.8 Å². The van der Waals surface area contributed by atoms with Crippen LogP contribution in [0.25, 0.3) is 28.1 Å². The van der Waals surface area contributed by atoms with E-state index >= 15 is 0 Å². The van der Waals surface area contributed by atoms with Crippen LogP contribution in [-0.2, 0) is 6.42 Å². The first-order valence-corrected chi connectivity index (χ1v) is 11.5. The number of alkyl halides is 2. The van der Waals surface area contributed by atoms with Gasteiger partial charge < -0.3 is 15.2 Å². The number of nitriles is 1. The summed E-state index contributed by atoms with van der Waals surface area (Å²) in [6, 6.07) is 14.3. The molecule has 0 radical (unpaired) electrons. The Balaban J connectivity index is 1.44. The molecule has 0 fully saturated rings. The number of fused-ring (bicyclic) bond motifs is 1. The molecule has 0 unspecified atom stereocenters. The zero-order valence-electron chi connectivity index (χ0n) is 20.1. The zero-order chi connectivity index (χ0) is 26.6. The SMILES string of the molecule is Cc1[nH]nc(C#N)c1-c1nc(-n2cnc3cc(Nc4ccc(OCC(F)F)nn4)ccc32)ccc1CCO. The number of ether oxygens (including phenoxy) is 1. The fourth-order valence-corrected chi connectivity index (χ4v) is 3.98. The first-order valence-electron chi connectivity index (χ1n) is 11.5. The van der Waals surface area contributed by atoms with Crippen LogP contribution in [0.2, 0.25) is 0 Å². The Kier molecular flexibility index (Phi) is 6.88. The van der Waals surface area contributed by atoms with E-state index in [9.17, 15) is 19.1 Å². The number of benzene rings is 1. The predicted molar refractivity (Wildman–Crippen MR) is 134 cm³/mol. The molecule has 11 nitrogen and oxygen atoms in total.